The predicted molar refractivity (Wildman–Crippen MR) is 107 cm³/mol. The molecule has 2 aliphatic rings. The molecule has 27 heavy (non-hydrogen) atoms. The Morgan fingerprint density at radius 2 is 1.81 bits per heavy atom. The van der Waals surface area contributed by atoms with Crippen molar-refractivity contribution < 1.29 is 13.2 Å². The van der Waals surface area contributed by atoms with E-state index in [0.717, 1.165) is 6.54 Å². The van der Waals surface area contributed by atoms with Crippen molar-refractivity contribution in [1.29, 1.82) is 0 Å². The third-order valence-corrected chi connectivity index (χ3v) is 7.33. The Labute approximate surface area is 163 Å². The maximum absolute atomic E-state index is 12.6. The Balaban J connectivity index is 1.61. The highest BCUT2D eigenvalue weighted by atomic mass is 32.2. The molecule has 0 spiro atoms. The van der Waals surface area contributed by atoms with E-state index in [-0.39, 0.29) is 10.8 Å². The molecule has 150 valence electrons. The lowest BCUT2D eigenvalue weighted by molar-refractivity contribution is -0.117. The van der Waals surface area contributed by atoms with Gasteiger partial charge in [0.05, 0.1) is 11.4 Å². The summed E-state index contributed by atoms with van der Waals surface area (Å²) in [5, 5.41) is 2.88. The van der Waals surface area contributed by atoms with Gasteiger partial charge in [-0.1, -0.05) is 25.3 Å². The highest BCUT2D eigenvalue weighted by Gasteiger charge is 2.32. The Bertz CT molecular complexity index is 753. The van der Waals surface area contributed by atoms with Gasteiger partial charge in [-0.3, -0.25) is 9.69 Å². The molecule has 0 aliphatic heterocycles. The summed E-state index contributed by atoms with van der Waals surface area (Å²) in [4.78, 5) is 15.1. The molecule has 0 unspecified atom stereocenters. The SMILES string of the molecule is CN(C)S(=O)(=O)c1cccc(NC(=O)CN(CC2CCCCC2)C2CC2)c1. The first-order valence-corrected chi connectivity index (χ1v) is 11.4. The lowest BCUT2D eigenvalue weighted by atomic mass is 9.89. The summed E-state index contributed by atoms with van der Waals surface area (Å²) in [7, 11) is -0.511. The summed E-state index contributed by atoms with van der Waals surface area (Å²) >= 11 is 0. The highest BCUT2D eigenvalue weighted by Crippen LogP contribution is 2.31. The fourth-order valence-corrected chi connectivity index (χ4v) is 4.76. The summed E-state index contributed by atoms with van der Waals surface area (Å²) < 4.78 is 25.7. The van der Waals surface area contributed by atoms with Gasteiger partial charge in [0.15, 0.2) is 0 Å². The van der Waals surface area contributed by atoms with Crippen molar-refractivity contribution in [1.82, 2.24) is 9.21 Å². The number of nitrogens with zero attached hydrogens (tertiary/aromatic N) is 2. The summed E-state index contributed by atoms with van der Waals surface area (Å²) in [6.07, 6.45) is 8.86. The van der Waals surface area contributed by atoms with Crippen LogP contribution in [0.5, 0.6) is 0 Å². The van der Waals surface area contributed by atoms with Crippen LogP contribution < -0.4 is 5.32 Å². The van der Waals surface area contributed by atoms with E-state index in [2.05, 4.69) is 10.2 Å². The number of anilines is 1. The van der Waals surface area contributed by atoms with Crippen molar-refractivity contribution in [3.63, 3.8) is 0 Å². The second-order valence-corrected chi connectivity index (χ2v) is 10.2. The minimum Gasteiger partial charge on any atom is -0.325 e. The van der Waals surface area contributed by atoms with Crippen molar-refractivity contribution in [3.05, 3.63) is 24.3 Å². The van der Waals surface area contributed by atoms with Gasteiger partial charge in [0.2, 0.25) is 15.9 Å². The topological polar surface area (TPSA) is 69.7 Å². The fourth-order valence-electron chi connectivity index (χ4n) is 3.81. The van der Waals surface area contributed by atoms with Crippen molar-refractivity contribution in [2.24, 2.45) is 5.92 Å². The van der Waals surface area contributed by atoms with Gasteiger partial charge >= 0.3 is 0 Å². The smallest absolute Gasteiger partial charge is 0.242 e. The molecule has 0 heterocycles. The number of nitrogens with one attached hydrogen (secondary N) is 1. The molecule has 1 aromatic carbocycles. The summed E-state index contributed by atoms with van der Waals surface area (Å²) in [5.41, 5.74) is 0.524. The number of benzene rings is 1. The Morgan fingerprint density at radius 1 is 1.11 bits per heavy atom. The van der Waals surface area contributed by atoms with Crippen LogP contribution >= 0.6 is 0 Å². The van der Waals surface area contributed by atoms with E-state index in [9.17, 15) is 13.2 Å². The van der Waals surface area contributed by atoms with Crippen molar-refractivity contribution in [3.8, 4) is 0 Å². The molecule has 2 saturated carbocycles. The van der Waals surface area contributed by atoms with E-state index < -0.39 is 10.0 Å². The highest BCUT2D eigenvalue weighted by molar-refractivity contribution is 7.89. The molecule has 1 amide bonds. The molecule has 2 aliphatic carbocycles. The largest absolute Gasteiger partial charge is 0.325 e. The van der Waals surface area contributed by atoms with Crippen LogP contribution in [-0.2, 0) is 14.8 Å². The molecule has 0 saturated heterocycles. The van der Waals surface area contributed by atoms with Gasteiger partial charge < -0.3 is 5.32 Å². The maximum Gasteiger partial charge on any atom is 0.242 e. The lowest BCUT2D eigenvalue weighted by Gasteiger charge is -2.29. The zero-order chi connectivity index (χ0) is 19.4. The number of carbonyl (C=O) groups excluding carboxylic acids is 1. The number of hydrogen-bond acceptors (Lipinski definition) is 4. The molecule has 0 radical (unpaired) electrons. The van der Waals surface area contributed by atoms with Crippen LogP contribution in [0.2, 0.25) is 0 Å². The van der Waals surface area contributed by atoms with E-state index in [4.69, 9.17) is 0 Å². The third kappa shape index (κ3) is 5.53. The van der Waals surface area contributed by atoms with Crippen LogP contribution in [0, 0.1) is 5.92 Å². The number of amides is 1. The van der Waals surface area contributed by atoms with E-state index in [1.165, 1.54) is 69.4 Å². The van der Waals surface area contributed by atoms with E-state index in [1.54, 1.807) is 18.2 Å². The van der Waals surface area contributed by atoms with Crippen molar-refractivity contribution in [2.75, 3.05) is 32.5 Å². The van der Waals surface area contributed by atoms with Gasteiger partial charge in [0.1, 0.15) is 0 Å². The number of carbonyl (C=O) groups is 1. The van der Waals surface area contributed by atoms with Gasteiger partial charge in [0, 0.05) is 32.4 Å². The van der Waals surface area contributed by atoms with E-state index >= 15 is 0 Å². The predicted octanol–water partition coefficient (Wildman–Crippen LogP) is 2.92. The number of sulfonamides is 1. The molecular formula is C20H31N3O3S. The zero-order valence-electron chi connectivity index (χ0n) is 16.4. The van der Waals surface area contributed by atoms with Crippen LogP contribution in [0.3, 0.4) is 0 Å². The summed E-state index contributed by atoms with van der Waals surface area (Å²) in [6.45, 7) is 1.39. The van der Waals surface area contributed by atoms with Gasteiger partial charge in [0.25, 0.3) is 0 Å². The normalized spacial score (nSPS) is 18.8. The van der Waals surface area contributed by atoms with Crippen molar-refractivity contribution >= 4 is 21.6 Å². The van der Waals surface area contributed by atoms with Crippen molar-refractivity contribution in [2.45, 2.75) is 55.9 Å². The van der Waals surface area contributed by atoms with Gasteiger partial charge in [-0.25, -0.2) is 12.7 Å². The van der Waals surface area contributed by atoms with Crippen LogP contribution in [0.1, 0.15) is 44.9 Å². The maximum atomic E-state index is 12.6. The van der Waals surface area contributed by atoms with Crippen LogP contribution in [0.4, 0.5) is 5.69 Å². The summed E-state index contributed by atoms with van der Waals surface area (Å²) in [5.74, 6) is 0.637. The Morgan fingerprint density at radius 3 is 2.44 bits per heavy atom. The first-order valence-electron chi connectivity index (χ1n) is 9.93. The molecule has 7 heteroatoms. The summed E-state index contributed by atoms with van der Waals surface area (Å²) in [6, 6.07) is 7.00. The molecule has 0 bridgehead atoms. The minimum atomic E-state index is -3.51. The molecule has 1 N–H and O–H groups in total. The van der Waals surface area contributed by atoms with Gasteiger partial charge in [-0.2, -0.15) is 0 Å². The second-order valence-electron chi connectivity index (χ2n) is 8.03. The molecule has 0 aromatic heterocycles. The zero-order valence-corrected chi connectivity index (χ0v) is 17.2. The average Bonchev–Trinajstić information content (AvgIpc) is 3.47. The molecular weight excluding hydrogens is 362 g/mol. The first-order chi connectivity index (χ1) is 12.9. The van der Waals surface area contributed by atoms with Crippen LogP contribution in [0.15, 0.2) is 29.2 Å². The lowest BCUT2D eigenvalue weighted by Crippen LogP contribution is -2.38. The van der Waals surface area contributed by atoms with E-state index in [0.29, 0.717) is 24.2 Å². The number of hydrogen-bond donors (Lipinski definition) is 1. The average molecular weight is 394 g/mol. The standard InChI is InChI=1S/C20H31N3O3S/c1-22(2)27(25,26)19-10-6-9-17(13-19)21-20(24)15-23(18-11-12-18)14-16-7-4-3-5-8-16/h6,9-10,13,16,18H,3-5,7-8,11-12,14-15H2,1-2H3,(H,21,24). The molecule has 3 rings (SSSR count). The number of rotatable bonds is 8. The molecule has 1 aromatic rings. The molecule has 0 atom stereocenters. The molecule has 6 nitrogen and oxygen atoms in total. The first kappa shape index (κ1) is 20.3. The Hall–Kier alpha value is -1.44. The van der Waals surface area contributed by atoms with E-state index in [1.807, 2.05) is 0 Å². The quantitative estimate of drug-likeness (QED) is 0.737. The van der Waals surface area contributed by atoms with Crippen LogP contribution in [-0.4, -0.2) is 56.8 Å². The Kier molecular flexibility index (Phi) is 6.55. The monoisotopic (exact) mass is 393 g/mol. The van der Waals surface area contributed by atoms with Gasteiger partial charge in [-0.05, 0) is 49.8 Å². The molecule has 2 fully saturated rings. The minimum absolute atomic E-state index is 0.0721. The fraction of sp³-hybridized carbons (Fsp3) is 0.650. The second kappa shape index (κ2) is 8.71. The third-order valence-electron chi connectivity index (χ3n) is 5.52. The van der Waals surface area contributed by atoms with Crippen LogP contribution in [0.25, 0.3) is 0 Å². The van der Waals surface area contributed by atoms with Gasteiger partial charge in [-0.15, -0.1) is 0 Å².